The van der Waals surface area contributed by atoms with E-state index in [-0.39, 0.29) is 25.4 Å². The van der Waals surface area contributed by atoms with Gasteiger partial charge in [0.05, 0.1) is 5.92 Å². The van der Waals surface area contributed by atoms with Crippen molar-refractivity contribution >= 4 is 24.0 Å². The number of amides is 1. The second kappa shape index (κ2) is 13.1. The monoisotopic (exact) mass is 485 g/mol. The van der Waals surface area contributed by atoms with E-state index in [0.717, 1.165) is 22.3 Å². The van der Waals surface area contributed by atoms with Gasteiger partial charge in [0.15, 0.2) is 0 Å². The number of aliphatic carboxylic acids is 3. The Hall–Kier alpha value is -3.88. The molecule has 0 heterocycles. The van der Waals surface area contributed by atoms with Crippen molar-refractivity contribution in [2.24, 2.45) is 5.92 Å². The Balaban J connectivity index is 0.000000367. The minimum absolute atomic E-state index is 0.0346. The Morgan fingerprint density at radius 3 is 1.89 bits per heavy atom. The summed E-state index contributed by atoms with van der Waals surface area (Å²) in [5, 5.41) is 28.0. The Bertz CT molecular complexity index is 1010. The summed E-state index contributed by atoms with van der Waals surface area (Å²) < 4.78 is 5.35. The predicted molar refractivity (Wildman–Crippen MR) is 128 cm³/mol. The molecule has 3 rings (SSSR count). The molecule has 0 saturated carbocycles. The number of rotatable bonds is 10. The molecule has 35 heavy (non-hydrogen) atoms. The smallest absolute Gasteiger partial charge is 0.407 e. The number of nitrogens with one attached hydrogen (secondary N) is 1. The third-order valence-corrected chi connectivity index (χ3v) is 5.72. The lowest BCUT2D eigenvalue weighted by Crippen LogP contribution is -2.41. The average Bonchev–Trinajstić information content (AvgIpc) is 3.15. The van der Waals surface area contributed by atoms with Crippen LogP contribution in [0.15, 0.2) is 48.5 Å². The standard InChI is InChI=1S/C20H21NO4.C6H10O4/c1-2-7-18(19(22)23)21-20(24)25-12-17-15-10-5-3-8-13(15)14-9-4-6-11-16(14)17;1-4(6(9)10)2-3-5(7)8/h3-6,8-11,17-18H,2,7,12H2,1H3,(H,21,24)(H,22,23);4H,2-3H2,1H3,(H,7,8)(H,9,10)/t18-;/m0./s1. The summed E-state index contributed by atoms with van der Waals surface area (Å²) >= 11 is 0. The minimum atomic E-state index is -1.05. The summed E-state index contributed by atoms with van der Waals surface area (Å²) in [6.45, 7) is 3.54. The lowest BCUT2D eigenvalue weighted by Gasteiger charge is -2.17. The number of carboxylic acids is 3. The first-order valence-corrected chi connectivity index (χ1v) is 11.4. The Labute approximate surface area is 203 Å². The van der Waals surface area contributed by atoms with Crippen LogP contribution in [-0.2, 0) is 19.1 Å². The number of alkyl carbamates (subject to hydrolysis) is 1. The number of benzene rings is 2. The molecule has 1 unspecified atom stereocenters. The number of carbonyl (C=O) groups excluding carboxylic acids is 1. The van der Waals surface area contributed by atoms with Crippen molar-refractivity contribution in [2.45, 2.75) is 51.5 Å². The molecule has 1 aliphatic rings. The highest BCUT2D eigenvalue weighted by Gasteiger charge is 2.29. The molecule has 2 aromatic rings. The molecule has 1 aliphatic carbocycles. The quantitative estimate of drug-likeness (QED) is 0.388. The molecule has 0 aliphatic heterocycles. The number of hydrogen-bond acceptors (Lipinski definition) is 5. The molecule has 2 aromatic carbocycles. The summed E-state index contributed by atoms with van der Waals surface area (Å²) in [6.07, 6.45) is 0.473. The van der Waals surface area contributed by atoms with E-state index in [1.165, 1.54) is 6.92 Å². The SMILES string of the molecule is CC(CCC(=O)O)C(=O)O.CCC[C@H](NC(=O)OCC1c2ccccc2-c2ccccc21)C(=O)O. The van der Waals surface area contributed by atoms with Crippen molar-refractivity contribution in [2.75, 3.05) is 6.61 Å². The van der Waals surface area contributed by atoms with Crippen LogP contribution in [0.4, 0.5) is 4.79 Å². The summed E-state index contributed by atoms with van der Waals surface area (Å²) in [6, 6.07) is 15.2. The minimum Gasteiger partial charge on any atom is -0.481 e. The van der Waals surface area contributed by atoms with Crippen molar-refractivity contribution in [3.63, 3.8) is 0 Å². The first-order chi connectivity index (χ1) is 16.6. The number of fused-ring (bicyclic) bond motifs is 3. The maximum Gasteiger partial charge on any atom is 0.407 e. The Morgan fingerprint density at radius 2 is 1.43 bits per heavy atom. The Kier molecular flexibility index (Phi) is 10.3. The molecule has 0 aromatic heterocycles. The molecular weight excluding hydrogens is 454 g/mol. The molecule has 0 fully saturated rings. The lowest BCUT2D eigenvalue weighted by molar-refractivity contribution is -0.142. The highest BCUT2D eigenvalue weighted by Crippen LogP contribution is 2.44. The maximum atomic E-state index is 12.0. The third kappa shape index (κ3) is 7.84. The Morgan fingerprint density at radius 1 is 0.886 bits per heavy atom. The van der Waals surface area contributed by atoms with E-state index in [4.69, 9.17) is 20.1 Å². The van der Waals surface area contributed by atoms with Crippen LogP contribution in [-0.4, -0.2) is 52.0 Å². The summed E-state index contributed by atoms with van der Waals surface area (Å²) in [7, 11) is 0. The summed E-state index contributed by atoms with van der Waals surface area (Å²) in [4.78, 5) is 43.2. The number of ether oxygens (including phenoxy) is 1. The first-order valence-electron chi connectivity index (χ1n) is 11.4. The third-order valence-electron chi connectivity index (χ3n) is 5.72. The van der Waals surface area contributed by atoms with Crippen molar-refractivity contribution in [1.82, 2.24) is 5.32 Å². The van der Waals surface area contributed by atoms with Gasteiger partial charge in [0, 0.05) is 12.3 Å². The van der Waals surface area contributed by atoms with Gasteiger partial charge in [-0.25, -0.2) is 9.59 Å². The molecule has 9 heteroatoms. The van der Waals surface area contributed by atoms with E-state index in [0.29, 0.717) is 12.8 Å². The van der Waals surface area contributed by atoms with E-state index in [1.54, 1.807) is 0 Å². The van der Waals surface area contributed by atoms with Gasteiger partial charge in [-0.1, -0.05) is 68.8 Å². The van der Waals surface area contributed by atoms with Gasteiger partial charge in [0.2, 0.25) is 0 Å². The van der Waals surface area contributed by atoms with Crippen molar-refractivity contribution in [3.8, 4) is 11.1 Å². The molecule has 0 radical (unpaired) electrons. The van der Waals surface area contributed by atoms with Gasteiger partial charge in [-0.05, 0) is 35.1 Å². The van der Waals surface area contributed by atoms with Gasteiger partial charge >= 0.3 is 24.0 Å². The number of carbonyl (C=O) groups is 4. The lowest BCUT2D eigenvalue weighted by atomic mass is 9.98. The zero-order chi connectivity index (χ0) is 26.0. The van der Waals surface area contributed by atoms with Crippen LogP contribution < -0.4 is 5.32 Å². The van der Waals surface area contributed by atoms with Gasteiger partial charge in [-0.2, -0.15) is 0 Å². The molecule has 188 valence electrons. The second-order valence-corrected chi connectivity index (χ2v) is 8.32. The van der Waals surface area contributed by atoms with Crippen molar-refractivity contribution < 1.29 is 39.2 Å². The van der Waals surface area contributed by atoms with Gasteiger partial charge < -0.3 is 25.4 Å². The van der Waals surface area contributed by atoms with Crippen LogP contribution in [0, 0.1) is 5.92 Å². The first kappa shape index (κ1) is 27.4. The topological polar surface area (TPSA) is 150 Å². The van der Waals surface area contributed by atoms with Gasteiger partial charge in [0.1, 0.15) is 12.6 Å². The summed E-state index contributed by atoms with van der Waals surface area (Å²) in [5.74, 6) is -3.53. The zero-order valence-electron chi connectivity index (χ0n) is 19.8. The predicted octanol–water partition coefficient (Wildman–Crippen LogP) is 4.35. The number of carboxylic acid groups (broad SMARTS) is 3. The highest BCUT2D eigenvalue weighted by atomic mass is 16.5. The normalized spacial score (nSPS) is 13.3. The molecule has 4 N–H and O–H groups in total. The molecular formula is C26H31NO8. The average molecular weight is 486 g/mol. The van der Waals surface area contributed by atoms with Crippen molar-refractivity contribution in [3.05, 3.63) is 59.7 Å². The highest BCUT2D eigenvalue weighted by molar-refractivity contribution is 5.81. The molecule has 0 saturated heterocycles. The molecule has 0 spiro atoms. The van der Waals surface area contributed by atoms with Gasteiger partial charge in [-0.15, -0.1) is 0 Å². The molecule has 9 nitrogen and oxygen atoms in total. The molecule has 0 bridgehead atoms. The number of hydrogen-bond donors (Lipinski definition) is 4. The van der Waals surface area contributed by atoms with E-state index >= 15 is 0 Å². The largest absolute Gasteiger partial charge is 0.481 e. The van der Waals surface area contributed by atoms with E-state index in [9.17, 15) is 19.2 Å². The fourth-order valence-electron chi connectivity index (χ4n) is 3.79. The van der Waals surface area contributed by atoms with Crippen LogP contribution in [0.25, 0.3) is 11.1 Å². The van der Waals surface area contributed by atoms with E-state index in [2.05, 4.69) is 17.4 Å². The van der Waals surface area contributed by atoms with Gasteiger partial charge in [0.25, 0.3) is 0 Å². The van der Waals surface area contributed by atoms with E-state index in [1.807, 2.05) is 43.3 Å². The second-order valence-electron chi connectivity index (χ2n) is 8.32. The van der Waals surface area contributed by atoms with Crippen molar-refractivity contribution in [1.29, 1.82) is 0 Å². The zero-order valence-corrected chi connectivity index (χ0v) is 19.8. The summed E-state index contributed by atoms with van der Waals surface area (Å²) in [5.41, 5.74) is 4.56. The molecule has 1 amide bonds. The fourth-order valence-corrected chi connectivity index (χ4v) is 3.79. The molecule has 2 atom stereocenters. The van der Waals surface area contributed by atoms with Crippen LogP contribution >= 0.6 is 0 Å². The fraction of sp³-hybridized carbons (Fsp3) is 0.385. The van der Waals surface area contributed by atoms with Gasteiger partial charge in [-0.3, -0.25) is 9.59 Å². The van der Waals surface area contributed by atoms with Crippen LogP contribution in [0.5, 0.6) is 0 Å². The van der Waals surface area contributed by atoms with Crippen LogP contribution in [0.1, 0.15) is 56.6 Å². The van der Waals surface area contributed by atoms with Crippen LogP contribution in [0.3, 0.4) is 0 Å². The van der Waals surface area contributed by atoms with Crippen LogP contribution in [0.2, 0.25) is 0 Å². The van der Waals surface area contributed by atoms with E-state index < -0.39 is 36.0 Å². The maximum absolute atomic E-state index is 12.0.